The number of hydrogen-bond acceptors (Lipinski definition) is 2. The zero-order chi connectivity index (χ0) is 15.4. The Hall–Kier alpha value is -1.55. The first-order valence-electron chi connectivity index (χ1n) is 7.20. The molecule has 2 atom stereocenters. The van der Waals surface area contributed by atoms with Crippen LogP contribution in [0.25, 0.3) is 0 Å². The van der Waals surface area contributed by atoms with Crippen molar-refractivity contribution in [3.63, 3.8) is 0 Å². The molecule has 2 unspecified atom stereocenters. The molecule has 1 fully saturated rings. The van der Waals surface area contributed by atoms with E-state index in [0.717, 1.165) is 18.4 Å². The van der Waals surface area contributed by atoms with Crippen molar-refractivity contribution < 1.29 is 14.7 Å². The molecule has 1 aromatic carbocycles. The summed E-state index contributed by atoms with van der Waals surface area (Å²) in [6.07, 6.45) is 2.69. The van der Waals surface area contributed by atoms with Crippen LogP contribution >= 0.6 is 11.6 Å². The van der Waals surface area contributed by atoms with Crippen LogP contribution in [0.5, 0.6) is 0 Å². The number of benzene rings is 1. The molecule has 1 saturated carbocycles. The maximum Gasteiger partial charge on any atom is 0.306 e. The predicted molar refractivity (Wildman–Crippen MR) is 81.0 cm³/mol. The summed E-state index contributed by atoms with van der Waals surface area (Å²) in [4.78, 5) is 25.2. The van der Waals surface area contributed by atoms with Crippen molar-refractivity contribution in [3.05, 3.63) is 34.9 Å². The fourth-order valence-corrected chi connectivity index (χ4v) is 3.11. The molecule has 0 saturated heterocycles. The van der Waals surface area contributed by atoms with Gasteiger partial charge in [0.25, 0.3) is 0 Å². The molecule has 0 aromatic heterocycles. The fraction of sp³-hybridized carbons (Fsp3) is 0.500. The van der Waals surface area contributed by atoms with Gasteiger partial charge in [0.1, 0.15) is 0 Å². The lowest BCUT2D eigenvalue weighted by molar-refractivity contribution is -0.145. The molecular weight excluding hydrogens is 290 g/mol. The number of carbonyl (C=O) groups is 2. The maximum atomic E-state index is 12.5. The summed E-state index contributed by atoms with van der Waals surface area (Å²) in [5.41, 5.74) is 0.903. The third-order valence-corrected chi connectivity index (χ3v) is 4.48. The number of aliphatic carboxylic acids is 1. The Morgan fingerprint density at radius 3 is 2.62 bits per heavy atom. The average Bonchev–Trinajstić information content (AvgIpc) is 2.49. The van der Waals surface area contributed by atoms with E-state index in [-0.39, 0.29) is 17.7 Å². The van der Waals surface area contributed by atoms with Crippen LogP contribution in [0.1, 0.15) is 31.2 Å². The molecule has 1 aromatic rings. The SMILES string of the molecule is CN(Cc1ccccc1Cl)C(=O)C1CCCC(C(=O)O)C1. The summed E-state index contributed by atoms with van der Waals surface area (Å²) < 4.78 is 0. The summed E-state index contributed by atoms with van der Waals surface area (Å²) in [6, 6.07) is 7.44. The summed E-state index contributed by atoms with van der Waals surface area (Å²) in [6.45, 7) is 0.451. The molecule has 4 nitrogen and oxygen atoms in total. The topological polar surface area (TPSA) is 57.6 Å². The van der Waals surface area contributed by atoms with Crippen molar-refractivity contribution in [2.45, 2.75) is 32.2 Å². The van der Waals surface area contributed by atoms with Crippen LogP contribution < -0.4 is 0 Å². The van der Waals surface area contributed by atoms with Gasteiger partial charge in [0, 0.05) is 24.5 Å². The largest absolute Gasteiger partial charge is 0.481 e. The molecule has 1 N–H and O–H groups in total. The van der Waals surface area contributed by atoms with E-state index >= 15 is 0 Å². The van der Waals surface area contributed by atoms with Crippen LogP contribution in [0.4, 0.5) is 0 Å². The Morgan fingerprint density at radius 1 is 1.29 bits per heavy atom. The van der Waals surface area contributed by atoms with Gasteiger partial charge in [0.05, 0.1) is 5.92 Å². The van der Waals surface area contributed by atoms with Gasteiger partial charge in [-0.2, -0.15) is 0 Å². The minimum absolute atomic E-state index is 0.0147. The summed E-state index contributed by atoms with van der Waals surface area (Å²) in [7, 11) is 1.75. The molecule has 0 spiro atoms. The van der Waals surface area contributed by atoms with Crippen molar-refractivity contribution in [3.8, 4) is 0 Å². The Bertz CT molecular complexity index is 532. The van der Waals surface area contributed by atoms with Gasteiger partial charge in [-0.15, -0.1) is 0 Å². The van der Waals surface area contributed by atoms with Crippen LogP contribution in [0.3, 0.4) is 0 Å². The summed E-state index contributed by atoms with van der Waals surface area (Å²) in [5, 5.41) is 9.75. The van der Waals surface area contributed by atoms with Crippen LogP contribution in [0.2, 0.25) is 5.02 Å². The highest BCUT2D eigenvalue weighted by Gasteiger charge is 2.32. The van der Waals surface area contributed by atoms with Crippen molar-refractivity contribution in [1.29, 1.82) is 0 Å². The Kier molecular flexibility index (Phi) is 5.23. The van der Waals surface area contributed by atoms with Gasteiger partial charge < -0.3 is 10.0 Å². The van der Waals surface area contributed by atoms with E-state index in [0.29, 0.717) is 24.4 Å². The molecule has 0 radical (unpaired) electrons. The molecule has 114 valence electrons. The molecule has 2 rings (SSSR count). The van der Waals surface area contributed by atoms with E-state index < -0.39 is 5.97 Å². The number of rotatable bonds is 4. The summed E-state index contributed by atoms with van der Waals surface area (Å²) in [5.74, 6) is -1.35. The quantitative estimate of drug-likeness (QED) is 0.929. The van der Waals surface area contributed by atoms with Gasteiger partial charge >= 0.3 is 5.97 Å². The van der Waals surface area contributed by atoms with Crippen LogP contribution in [-0.2, 0) is 16.1 Å². The third kappa shape index (κ3) is 3.97. The number of carbonyl (C=O) groups excluding carboxylic acids is 1. The number of amides is 1. The maximum absolute atomic E-state index is 12.5. The van der Waals surface area contributed by atoms with Crippen LogP contribution in [-0.4, -0.2) is 28.9 Å². The number of carboxylic acid groups (broad SMARTS) is 1. The monoisotopic (exact) mass is 309 g/mol. The van der Waals surface area contributed by atoms with Crippen molar-refractivity contribution in [1.82, 2.24) is 4.90 Å². The number of nitrogens with zero attached hydrogens (tertiary/aromatic N) is 1. The first-order chi connectivity index (χ1) is 9.99. The first kappa shape index (κ1) is 15.8. The van der Waals surface area contributed by atoms with Gasteiger partial charge in [-0.3, -0.25) is 9.59 Å². The third-order valence-electron chi connectivity index (χ3n) is 4.11. The lowest BCUT2D eigenvalue weighted by atomic mass is 9.81. The van der Waals surface area contributed by atoms with E-state index in [1.54, 1.807) is 18.0 Å². The first-order valence-corrected chi connectivity index (χ1v) is 7.58. The van der Waals surface area contributed by atoms with Gasteiger partial charge in [-0.05, 0) is 30.9 Å². The number of carboxylic acids is 1. The fourth-order valence-electron chi connectivity index (χ4n) is 2.91. The number of halogens is 1. The lowest BCUT2D eigenvalue weighted by Gasteiger charge is -2.29. The molecule has 0 aliphatic heterocycles. The van der Waals surface area contributed by atoms with E-state index in [2.05, 4.69) is 0 Å². The standard InChI is InChI=1S/C16H20ClNO3/c1-18(10-13-5-2-3-8-14(13)17)15(19)11-6-4-7-12(9-11)16(20)21/h2-3,5,8,11-12H,4,6-7,9-10H2,1H3,(H,20,21). The van der Waals surface area contributed by atoms with Gasteiger partial charge in [-0.1, -0.05) is 36.2 Å². The van der Waals surface area contributed by atoms with E-state index in [4.69, 9.17) is 16.7 Å². The highest BCUT2D eigenvalue weighted by molar-refractivity contribution is 6.31. The van der Waals surface area contributed by atoms with E-state index in [9.17, 15) is 9.59 Å². The number of hydrogen-bond donors (Lipinski definition) is 1. The Morgan fingerprint density at radius 2 is 1.95 bits per heavy atom. The molecular formula is C16H20ClNO3. The van der Waals surface area contributed by atoms with E-state index in [1.807, 2.05) is 18.2 Å². The predicted octanol–water partition coefficient (Wildman–Crippen LogP) is 3.19. The molecule has 0 heterocycles. The smallest absolute Gasteiger partial charge is 0.306 e. The van der Waals surface area contributed by atoms with E-state index in [1.165, 1.54) is 0 Å². The Labute approximate surface area is 129 Å². The minimum Gasteiger partial charge on any atom is -0.481 e. The lowest BCUT2D eigenvalue weighted by Crippen LogP contribution is -2.36. The van der Waals surface area contributed by atoms with Crippen molar-refractivity contribution in [2.24, 2.45) is 11.8 Å². The zero-order valence-electron chi connectivity index (χ0n) is 12.1. The second-order valence-electron chi connectivity index (χ2n) is 5.68. The summed E-state index contributed by atoms with van der Waals surface area (Å²) >= 11 is 6.11. The Balaban J connectivity index is 1.99. The second-order valence-corrected chi connectivity index (χ2v) is 6.09. The molecule has 21 heavy (non-hydrogen) atoms. The average molecular weight is 310 g/mol. The zero-order valence-corrected chi connectivity index (χ0v) is 12.8. The molecule has 0 bridgehead atoms. The molecule has 5 heteroatoms. The van der Waals surface area contributed by atoms with Crippen LogP contribution in [0, 0.1) is 11.8 Å². The highest BCUT2D eigenvalue weighted by Crippen LogP contribution is 2.30. The van der Waals surface area contributed by atoms with Crippen molar-refractivity contribution >= 4 is 23.5 Å². The molecule has 1 aliphatic rings. The van der Waals surface area contributed by atoms with Gasteiger partial charge in [-0.25, -0.2) is 0 Å². The highest BCUT2D eigenvalue weighted by atomic mass is 35.5. The molecule has 1 amide bonds. The normalized spacial score (nSPS) is 21.8. The van der Waals surface area contributed by atoms with Gasteiger partial charge in [0.2, 0.25) is 5.91 Å². The minimum atomic E-state index is -0.791. The van der Waals surface area contributed by atoms with Crippen molar-refractivity contribution in [2.75, 3.05) is 7.05 Å². The second kappa shape index (κ2) is 6.94. The van der Waals surface area contributed by atoms with Gasteiger partial charge in [0.15, 0.2) is 0 Å². The van der Waals surface area contributed by atoms with Crippen LogP contribution in [0.15, 0.2) is 24.3 Å². The molecule has 1 aliphatic carbocycles.